The normalized spacial score (nSPS) is 31.0. The maximum atomic E-state index is 7.17. The lowest BCUT2D eigenvalue weighted by Gasteiger charge is -2.52. The maximum absolute atomic E-state index is 7.17. The molecule has 9 rings (SSSR count). The Bertz CT molecular complexity index is 2110. The second-order valence-electron chi connectivity index (χ2n) is 15.3. The molecule has 11 heteroatoms. The van der Waals surface area contributed by atoms with Crippen LogP contribution in [0.25, 0.3) is 0 Å². The second kappa shape index (κ2) is 20.4. The summed E-state index contributed by atoms with van der Waals surface area (Å²) in [6.45, 7) is 1.16. The summed E-state index contributed by atoms with van der Waals surface area (Å²) in [6.07, 6.45) is -3.22. The van der Waals surface area contributed by atoms with Gasteiger partial charge in [0.25, 0.3) is 0 Å². The molecule has 0 radical (unpaired) electrons. The zero-order chi connectivity index (χ0) is 41.2. The number of terminal acetylenes is 1. The molecular formula is C50H50O11. The Morgan fingerprint density at radius 2 is 0.836 bits per heavy atom. The summed E-state index contributed by atoms with van der Waals surface area (Å²) >= 11 is 0. The van der Waals surface area contributed by atoms with E-state index in [-0.39, 0.29) is 39.6 Å². The number of hydrogen-bond acceptors (Lipinski definition) is 11. The monoisotopic (exact) mass is 826 g/mol. The van der Waals surface area contributed by atoms with Crippen LogP contribution in [0.5, 0.6) is 0 Å². The SMILES string of the molecule is C#CCO[C@H]1O[C@@H]2CO[C@@H](c3ccccc3)O[C@H]2[C@H](OCc2ccccc2)[C@@H]1O[C@@H]1O[C@@H]2CO[C@@H](c3ccccc3)O[C@H]2[C@H](OCc2ccccc2)[C@@H]1OCc1ccccc1. The Hall–Kier alpha value is -4.78. The molecule has 5 aromatic carbocycles. The standard InChI is InChI=1S/C50H50O11/c1-2-28-51-49-46(44(53-30-35-20-10-4-11-21-35)42-39(57-49)32-55-48(60-42)38-26-16-7-17-27-38)61-50-45(54-31-36-22-12-5-13-23-36)43(52-29-34-18-8-3-9-19-34)41-40(58-50)33-56-47(59-41)37-24-14-6-15-25-37/h1,3-27,39-50H,28-33H2/t39-,40-,41-,42-,43+,44+,45+,46+,47-,48-,49+,50+/m1/s1. The van der Waals surface area contributed by atoms with Gasteiger partial charge in [-0.3, -0.25) is 0 Å². The molecule has 0 amide bonds. The zero-order valence-electron chi connectivity index (χ0n) is 33.7. The van der Waals surface area contributed by atoms with Crippen molar-refractivity contribution in [1.29, 1.82) is 0 Å². The summed E-state index contributed by atoms with van der Waals surface area (Å²) in [5.41, 5.74) is 4.67. The molecule has 0 spiro atoms. The molecule has 4 aliphatic rings. The van der Waals surface area contributed by atoms with Gasteiger partial charge in [-0.1, -0.05) is 158 Å². The van der Waals surface area contributed by atoms with Gasteiger partial charge in [-0.05, 0) is 16.7 Å². The van der Waals surface area contributed by atoms with Gasteiger partial charge >= 0.3 is 0 Å². The van der Waals surface area contributed by atoms with E-state index in [0.29, 0.717) is 0 Å². The molecular weight excluding hydrogens is 777 g/mol. The maximum Gasteiger partial charge on any atom is 0.188 e. The molecule has 0 aliphatic carbocycles. The van der Waals surface area contributed by atoms with Gasteiger partial charge in [-0.2, -0.15) is 0 Å². The van der Waals surface area contributed by atoms with Crippen LogP contribution in [0.15, 0.2) is 152 Å². The van der Waals surface area contributed by atoms with Crippen LogP contribution in [0, 0.1) is 12.3 Å². The van der Waals surface area contributed by atoms with Crippen molar-refractivity contribution in [3.63, 3.8) is 0 Å². The minimum absolute atomic E-state index is 0.0444. The first-order chi connectivity index (χ1) is 30.2. The van der Waals surface area contributed by atoms with Crippen LogP contribution in [0.4, 0.5) is 0 Å². The predicted molar refractivity (Wildman–Crippen MR) is 222 cm³/mol. The average Bonchev–Trinajstić information content (AvgIpc) is 3.33. The molecule has 316 valence electrons. The van der Waals surface area contributed by atoms with E-state index in [0.717, 1.165) is 27.8 Å². The van der Waals surface area contributed by atoms with Gasteiger partial charge in [0.1, 0.15) is 55.4 Å². The highest BCUT2D eigenvalue weighted by Gasteiger charge is 2.57. The van der Waals surface area contributed by atoms with Crippen molar-refractivity contribution in [1.82, 2.24) is 0 Å². The van der Waals surface area contributed by atoms with Crippen LogP contribution >= 0.6 is 0 Å². The summed E-state index contributed by atoms with van der Waals surface area (Å²) in [4.78, 5) is 0. The number of benzene rings is 5. The first kappa shape index (κ1) is 41.6. The number of fused-ring (bicyclic) bond motifs is 2. The minimum Gasteiger partial charge on any atom is -0.368 e. The van der Waals surface area contributed by atoms with E-state index in [1.165, 1.54) is 0 Å². The van der Waals surface area contributed by atoms with E-state index >= 15 is 0 Å². The molecule has 0 saturated carbocycles. The molecule has 12 atom stereocenters. The van der Waals surface area contributed by atoms with Gasteiger partial charge in [-0.25, -0.2) is 0 Å². The third kappa shape index (κ3) is 10.1. The quantitative estimate of drug-likeness (QED) is 0.0985. The van der Waals surface area contributed by atoms with E-state index in [4.69, 9.17) is 58.5 Å². The summed E-state index contributed by atoms with van der Waals surface area (Å²) in [5, 5.41) is 0. The Morgan fingerprint density at radius 1 is 0.443 bits per heavy atom. The Kier molecular flexibility index (Phi) is 13.9. The first-order valence-corrected chi connectivity index (χ1v) is 20.8. The van der Waals surface area contributed by atoms with Crippen molar-refractivity contribution in [2.45, 2.75) is 93.8 Å². The second-order valence-corrected chi connectivity index (χ2v) is 15.3. The molecule has 5 aromatic rings. The van der Waals surface area contributed by atoms with Gasteiger partial charge in [0, 0.05) is 11.1 Å². The van der Waals surface area contributed by atoms with Crippen molar-refractivity contribution in [3.8, 4) is 12.3 Å². The largest absolute Gasteiger partial charge is 0.368 e. The fourth-order valence-electron chi connectivity index (χ4n) is 8.18. The van der Waals surface area contributed by atoms with Gasteiger partial charge in [0.05, 0.1) is 33.0 Å². The number of hydrogen-bond donors (Lipinski definition) is 0. The van der Waals surface area contributed by atoms with E-state index in [9.17, 15) is 0 Å². The fourth-order valence-corrected chi connectivity index (χ4v) is 8.18. The van der Waals surface area contributed by atoms with E-state index in [2.05, 4.69) is 5.92 Å². The topological polar surface area (TPSA) is 102 Å². The first-order valence-electron chi connectivity index (χ1n) is 20.8. The van der Waals surface area contributed by atoms with E-state index in [1.54, 1.807) is 0 Å². The van der Waals surface area contributed by atoms with Gasteiger partial charge in [0.2, 0.25) is 0 Å². The van der Waals surface area contributed by atoms with E-state index < -0.39 is 74.0 Å². The van der Waals surface area contributed by atoms with E-state index in [1.807, 2.05) is 152 Å². The summed E-state index contributed by atoms with van der Waals surface area (Å²) in [7, 11) is 0. The highest BCUT2D eigenvalue weighted by molar-refractivity contribution is 5.19. The molecule has 0 unspecified atom stereocenters. The molecule has 61 heavy (non-hydrogen) atoms. The van der Waals surface area contributed by atoms with Crippen molar-refractivity contribution in [2.75, 3.05) is 19.8 Å². The van der Waals surface area contributed by atoms with Crippen molar-refractivity contribution in [3.05, 3.63) is 179 Å². The van der Waals surface area contributed by atoms with Crippen LogP contribution in [0.3, 0.4) is 0 Å². The van der Waals surface area contributed by atoms with Crippen molar-refractivity contribution in [2.24, 2.45) is 0 Å². The fraction of sp³-hybridized carbons (Fsp3) is 0.360. The lowest BCUT2D eigenvalue weighted by molar-refractivity contribution is -0.412. The Labute approximate surface area is 356 Å². The minimum atomic E-state index is -1.05. The smallest absolute Gasteiger partial charge is 0.188 e. The molecule has 0 bridgehead atoms. The van der Waals surface area contributed by atoms with Crippen LogP contribution in [0.1, 0.15) is 40.4 Å². The summed E-state index contributed by atoms with van der Waals surface area (Å²) < 4.78 is 73.6. The molecule has 4 aliphatic heterocycles. The Morgan fingerprint density at radius 3 is 1.28 bits per heavy atom. The summed E-state index contributed by atoms with van der Waals surface area (Å²) in [5.74, 6) is 2.58. The predicted octanol–water partition coefficient (Wildman–Crippen LogP) is 7.46. The lowest BCUT2D eigenvalue weighted by Crippen LogP contribution is -2.67. The molecule has 4 fully saturated rings. The highest BCUT2D eigenvalue weighted by Crippen LogP contribution is 2.41. The third-order valence-electron chi connectivity index (χ3n) is 11.2. The number of rotatable bonds is 15. The van der Waals surface area contributed by atoms with Gasteiger partial charge in [0.15, 0.2) is 25.2 Å². The van der Waals surface area contributed by atoms with Gasteiger partial charge < -0.3 is 52.1 Å². The average molecular weight is 827 g/mol. The van der Waals surface area contributed by atoms with Gasteiger partial charge in [-0.15, -0.1) is 6.42 Å². The number of ether oxygens (including phenoxy) is 11. The summed E-state index contributed by atoms with van der Waals surface area (Å²) in [6, 6.07) is 49.5. The molecule has 11 nitrogen and oxygen atoms in total. The van der Waals surface area contributed by atoms with Crippen LogP contribution in [-0.4, -0.2) is 81.2 Å². The van der Waals surface area contributed by atoms with Crippen LogP contribution in [-0.2, 0) is 71.9 Å². The van der Waals surface area contributed by atoms with Crippen molar-refractivity contribution >= 4 is 0 Å². The van der Waals surface area contributed by atoms with Crippen LogP contribution < -0.4 is 0 Å². The molecule has 4 heterocycles. The lowest BCUT2D eigenvalue weighted by atomic mass is 9.95. The molecule has 4 saturated heterocycles. The zero-order valence-corrected chi connectivity index (χ0v) is 33.7. The molecule has 0 N–H and O–H groups in total. The van der Waals surface area contributed by atoms with Crippen molar-refractivity contribution < 1.29 is 52.1 Å². The van der Waals surface area contributed by atoms with Crippen LogP contribution in [0.2, 0.25) is 0 Å². The molecule has 0 aromatic heterocycles. The highest BCUT2D eigenvalue weighted by atomic mass is 16.8. The Balaban J connectivity index is 1.07. The third-order valence-corrected chi connectivity index (χ3v) is 11.2.